The second kappa shape index (κ2) is 6.84. The van der Waals surface area contributed by atoms with Crippen LogP contribution in [-0.4, -0.2) is 49.9 Å². The van der Waals surface area contributed by atoms with Gasteiger partial charge in [-0.25, -0.2) is 0 Å². The first-order chi connectivity index (χ1) is 13.2. The number of fused-ring (bicyclic) bond motifs is 3. The largest absolute Gasteiger partial charge is 0.405 e. The van der Waals surface area contributed by atoms with Gasteiger partial charge >= 0.3 is 0 Å². The summed E-state index contributed by atoms with van der Waals surface area (Å²) < 4.78 is 32.0. The number of aliphatic hydroxyl groups is 1. The van der Waals surface area contributed by atoms with Gasteiger partial charge in [-0.3, -0.25) is 0 Å². The first kappa shape index (κ1) is 21.9. The number of halogens is 1. The maximum Gasteiger partial charge on any atom is 0.221 e. The topological polar surface area (TPSA) is 66.4 Å². The maximum atomic E-state index is 11.8. The summed E-state index contributed by atoms with van der Waals surface area (Å²) >= 11 is 3.49. The molecule has 29 heavy (non-hydrogen) atoms. The molecule has 0 radical (unpaired) electrons. The van der Waals surface area contributed by atoms with E-state index in [9.17, 15) is 5.11 Å². The first-order valence-electron chi connectivity index (χ1n) is 10.1. The smallest absolute Gasteiger partial charge is 0.221 e. The first-order valence-corrected chi connectivity index (χ1v) is 13.8. The summed E-state index contributed by atoms with van der Waals surface area (Å²) in [6.45, 7) is 14.5. The fourth-order valence-electron chi connectivity index (χ4n) is 3.96. The van der Waals surface area contributed by atoms with Crippen LogP contribution in [0, 0.1) is 0 Å². The van der Waals surface area contributed by atoms with Crippen LogP contribution in [-0.2, 0) is 29.2 Å². The Labute approximate surface area is 182 Å². The summed E-state index contributed by atoms with van der Waals surface area (Å²) in [6.07, 6.45) is -2.61. The van der Waals surface area contributed by atoms with Crippen LogP contribution in [0.3, 0.4) is 0 Å². The molecule has 4 rings (SSSR count). The second-order valence-corrected chi connectivity index (χ2v) is 15.8. The van der Waals surface area contributed by atoms with Gasteiger partial charge in [0.05, 0.1) is 0 Å². The standard InChI is InChI=1S/C21H31BrO6Si/c1-19(2,3)29(6,7)28-17-15-14(16-18(24-15)27-20(4,5)25-16)26-21(17,23)12-9-8-10-13(22)11-12/h8-11,14-18,23H,1-7H3/t14-,15-,16+,17-,18+,21?/m0/s1. The average molecular weight is 487 g/mol. The lowest BCUT2D eigenvalue weighted by Crippen LogP contribution is -2.53. The van der Waals surface area contributed by atoms with E-state index in [-0.39, 0.29) is 5.04 Å². The lowest BCUT2D eigenvalue weighted by Gasteiger charge is -2.42. The Morgan fingerprint density at radius 3 is 2.38 bits per heavy atom. The number of rotatable bonds is 3. The van der Waals surface area contributed by atoms with Crippen LogP contribution in [0.2, 0.25) is 18.1 Å². The van der Waals surface area contributed by atoms with Crippen molar-refractivity contribution in [3.63, 3.8) is 0 Å². The van der Waals surface area contributed by atoms with Crippen LogP contribution in [0.5, 0.6) is 0 Å². The summed E-state index contributed by atoms with van der Waals surface area (Å²) in [6, 6.07) is 7.49. The predicted molar refractivity (Wildman–Crippen MR) is 114 cm³/mol. The van der Waals surface area contributed by atoms with Gasteiger partial charge in [-0.05, 0) is 44.1 Å². The zero-order valence-electron chi connectivity index (χ0n) is 18.1. The summed E-state index contributed by atoms with van der Waals surface area (Å²) in [5, 5.41) is 11.8. The lowest BCUT2D eigenvalue weighted by molar-refractivity contribution is -0.251. The van der Waals surface area contributed by atoms with Crippen LogP contribution in [0.25, 0.3) is 0 Å². The molecule has 1 N–H and O–H groups in total. The molecule has 0 saturated carbocycles. The molecule has 162 valence electrons. The van der Waals surface area contributed by atoms with Crippen LogP contribution >= 0.6 is 15.9 Å². The molecule has 1 aromatic rings. The molecule has 0 bridgehead atoms. The Hall–Kier alpha value is -0.323. The molecule has 3 heterocycles. The highest BCUT2D eigenvalue weighted by Gasteiger charge is 2.68. The van der Waals surface area contributed by atoms with Crippen molar-refractivity contribution in [3.8, 4) is 0 Å². The van der Waals surface area contributed by atoms with Gasteiger partial charge < -0.3 is 28.5 Å². The summed E-state index contributed by atoms with van der Waals surface area (Å²) in [4.78, 5) is 0. The monoisotopic (exact) mass is 486 g/mol. The summed E-state index contributed by atoms with van der Waals surface area (Å²) in [5.74, 6) is -2.40. The fourth-order valence-corrected chi connectivity index (χ4v) is 5.65. The third-order valence-corrected chi connectivity index (χ3v) is 11.4. The van der Waals surface area contributed by atoms with Crippen molar-refractivity contribution >= 4 is 24.2 Å². The van der Waals surface area contributed by atoms with Gasteiger partial charge in [0.1, 0.15) is 24.4 Å². The summed E-state index contributed by atoms with van der Waals surface area (Å²) in [5.41, 5.74) is 0.628. The Morgan fingerprint density at radius 1 is 1.07 bits per heavy atom. The normalized spacial score (nSPS) is 38.9. The highest BCUT2D eigenvalue weighted by Crippen LogP contribution is 2.52. The van der Waals surface area contributed by atoms with Gasteiger partial charge in [0.15, 0.2) is 20.4 Å². The van der Waals surface area contributed by atoms with Gasteiger partial charge in [-0.2, -0.15) is 0 Å². The molecule has 6 nitrogen and oxygen atoms in total. The van der Waals surface area contributed by atoms with E-state index in [0.717, 1.165) is 4.47 Å². The SMILES string of the molecule is CC1(C)O[C@H]2O[C@H]3[C@H](OC(O)(c4cccc(Br)c4)[C@H]3O[Si](C)(C)C(C)(C)C)[C@H]2O1. The van der Waals surface area contributed by atoms with Gasteiger partial charge in [0.2, 0.25) is 5.79 Å². The number of ether oxygens (including phenoxy) is 4. The Bertz CT molecular complexity index is 794. The molecule has 0 aliphatic carbocycles. The van der Waals surface area contributed by atoms with Crippen LogP contribution in [0.15, 0.2) is 28.7 Å². The minimum absolute atomic E-state index is 0.0350. The maximum absolute atomic E-state index is 11.8. The quantitative estimate of drug-likeness (QED) is 0.643. The van der Waals surface area contributed by atoms with Gasteiger partial charge in [-0.1, -0.05) is 48.8 Å². The lowest BCUT2D eigenvalue weighted by atomic mass is 9.98. The van der Waals surface area contributed by atoms with Gasteiger partial charge in [-0.15, -0.1) is 0 Å². The third-order valence-electron chi connectivity index (χ3n) is 6.49. The molecular formula is C21H31BrO6Si. The fraction of sp³-hybridized carbons (Fsp3) is 0.714. The van der Waals surface area contributed by atoms with Crippen molar-refractivity contribution in [3.05, 3.63) is 34.3 Å². The second-order valence-electron chi connectivity index (χ2n) is 10.2. The number of hydrogen-bond acceptors (Lipinski definition) is 6. The molecule has 0 spiro atoms. The molecule has 0 aromatic heterocycles. The molecule has 1 unspecified atom stereocenters. The van der Waals surface area contributed by atoms with Gasteiger partial charge in [0, 0.05) is 10.0 Å². The van der Waals surface area contributed by atoms with Crippen molar-refractivity contribution in [1.29, 1.82) is 0 Å². The van der Waals surface area contributed by atoms with Crippen molar-refractivity contribution in [2.24, 2.45) is 0 Å². The van der Waals surface area contributed by atoms with E-state index in [2.05, 4.69) is 49.8 Å². The molecule has 0 amide bonds. The third kappa shape index (κ3) is 3.65. The molecule has 1 aromatic carbocycles. The number of benzene rings is 1. The number of hydrogen-bond donors (Lipinski definition) is 1. The van der Waals surface area contributed by atoms with E-state index >= 15 is 0 Å². The Balaban J connectivity index is 1.72. The van der Waals surface area contributed by atoms with Crippen molar-refractivity contribution in [2.45, 2.75) is 95.0 Å². The zero-order chi connectivity index (χ0) is 21.4. The van der Waals surface area contributed by atoms with Crippen molar-refractivity contribution in [1.82, 2.24) is 0 Å². The minimum Gasteiger partial charge on any atom is -0.405 e. The van der Waals surface area contributed by atoms with E-state index < -0.39 is 50.6 Å². The molecule has 3 aliphatic rings. The molecule has 3 fully saturated rings. The zero-order valence-corrected chi connectivity index (χ0v) is 20.6. The van der Waals surface area contributed by atoms with Crippen LogP contribution < -0.4 is 0 Å². The van der Waals surface area contributed by atoms with E-state index in [4.69, 9.17) is 23.4 Å². The van der Waals surface area contributed by atoms with E-state index in [1.807, 2.05) is 38.1 Å². The Kier molecular flexibility index (Phi) is 5.16. The Morgan fingerprint density at radius 2 is 1.76 bits per heavy atom. The summed E-state index contributed by atoms with van der Waals surface area (Å²) in [7, 11) is -2.24. The van der Waals surface area contributed by atoms with E-state index in [1.165, 1.54) is 0 Å². The molecular weight excluding hydrogens is 456 g/mol. The van der Waals surface area contributed by atoms with Crippen LogP contribution in [0.1, 0.15) is 40.2 Å². The van der Waals surface area contributed by atoms with E-state index in [0.29, 0.717) is 5.56 Å². The highest BCUT2D eigenvalue weighted by molar-refractivity contribution is 9.10. The molecule has 3 saturated heterocycles. The van der Waals surface area contributed by atoms with Crippen molar-refractivity contribution in [2.75, 3.05) is 0 Å². The average Bonchev–Trinajstić information content (AvgIpc) is 3.13. The predicted octanol–water partition coefficient (Wildman–Crippen LogP) is 4.26. The van der Waals surface area contributed by atoms with Gasteiger partial charge in [0.25, 0.3) is 0 Å². The molecule has 8 heteroatoms. The van der Waals surface area contributed by atoms with E-state index in [1.54, 1.807) is 0 Å². The highest BCUT2D eigenvalue weighted by atomic mass is 79.9. The minimum atomic E-state index is -2.24. The van der Waals surface area contributed by atoms with Crippen molar-refractivity contribution < 1.29 is 28.5 Å². The van der Waals surface area contributed by atoms with Crippen LogP contribution in [0.4, 0.5) is 0 Å². The molecule has 6 atom stereocenters. The molecule has 3 aliphatic heterocycles.